The number of nitrogens with zero attached hydrogens (tertiary/aromatic N) is 1. The first-order valence-corrected chi connectivity index (χ1v) is 5.64. The van der Waals surface area contributed by atoms with Gasteiger partial charge in [0, 0.05) is 0 Å². The van der Waals surface area contributed by atoms with E-state index in [2.05, 4.69) is 18.9 Å². The minimum Gasteiger partial charge on any atom is -0.347 e. The van der Waals surface area contributed by atoms with Crippen LogP contribution in [0.5, 0.6) is 0 Å². The maximum absolute atomic E-state index is 2.41. The summed E-state index contributed by atoms with van der Waals surface area (Å²) in [6.45, 7) is 0.841. The van der Waals surface area contributed by atoms with Crippen LogP contribution in [0.2, 0.25) is 12.6 Å². The first-order valence-electron chi connectivity index (χ1n) is 5.64. The first kappa shape index (κ1) is 8.10. The predicted molar refractivity (Wildman–Crippen MR) is 56.9 cm³/mol. The third kappa shape index (κ3) is 1.04. The van der Waals surface area contributed by atoms with E-state index in [9.17, 15) is 0 Å². The molecule has 0 amide bonds. The fraction of sp³-hybridized carbons (Fsp3) is 0.818. The van der Waals surface area contributed by atoms with Gasteiger partial charge in [0.15, 0.2) is 0 Å². The maximum Gasteiger partial charge on any atom is 0.231 e. The van der Waals surface area contributed by atoms with Gasteiger partial charge in [0.05, 0.1) is 0 Å². The first-order chi connectivity index (χ1) is 6.25. The van der Waals surface area contributed by atoms with Crippen LogP contribution in [0.4, 0.5) is 0 Å². The Labute approximate surface area is 81.3 Å². The van der Waals surface area contributed by atoms with E-state index in [1.54, 1.807) is 0 Å². The Bertz CT molecular complexity index is 247. The summed E-state index contributed by atoms with van der Waals surface area (Å²) in [7, 11) is 4.46. The van der Waals surface area contributed by atoms with E-state index in [1.165, 1.54) is 31.9 Å². The molecule has 0 aromatic heterocycles. The Kier molecular flexibility index (Phi) is 1.64. The van der Waals surface area contributed by atoms with E-state index in [-0.39, 0.29) is 0 Å². The van der Waals surface area contributed by atoms with Gasteiger partial charge in [0.1, 0.15) is 0 Å². The third-order valence-electron chi connectivity index (χ3n) is 4.47. The summed E-state index contributed by atoms with van der Waals surface area (Å²) in [5.41, 5.74) is 3.77. The van der Waals surface area contributed by atoms with Crippen molar-refractivity contribution in [3.05, 3.63) is 11.1 Å². The molecule has 1 heterocycles. The molecule has 3 aliphatic rings. The van der Waals surface area contributed by atoms with Gasteiger partial charge >= 0.3 is 0 Å². The van der Waals surface area contributed by atoms with Crippen molar-refractivity contribution in [2.45, 2.75) is 31.9 Å². The van der Waals surface area contributed by atoms with Crippen molar-refractivity contribution in [1.82, 2.24) is 4.81 Å². The van der Waals surface area contributed by atoms with Gasteiger partial charge in [0.25, 0.3) is 0 Å². The van der Waals surface area contributed by atoms with Crippen LogP contribution in [0.1, 0.15) is 19.3 Å². The van der Waals surface area contributed by atoms with Crippen LogP contribution in [0.25, 0.3) is 0 Å². The molecule has 0 saturated heterocycles. The molecule has 0 N–H and O–H groups in total. The highest BCUT2D eigenvalue weighted by molar-refractivity contribution is 6.58. The maximum atomic E-state index is 2.41. The molecule has 2 atom stereocenters. The van der Waals surface area contributed by atoms with Crippen molar-refractivity contribution in [2.75, 3.05) is 14.1 Å². The van der Waals surface area contributed by atoms with Gasteiger partial charge in [-0.3, -0.25) is 0 Å². The van der Waals surface area contributed by atoms with Crippen LogP contribution >= 0.6 is 0 Å². The fourth-order valence-electron chi connectivity index (χ4n) is 3.68. The molecule has 3 rings (SSSR count). The summed E-state index contributed by atoms with van der Waals surface area (Å²) in [4.78, 5) is 2.41. The van der Waals surface area contributed by atoms with Crippen molar-refractivity contribution < 1.29 is 0 Å². The normalized spacial score (nSPS) is 36.7. The molecule has 2 bridgehead atoms. The van der Waals surface area contributed by atoms with Gasteiger partial charge < -0.3 is 4.81 Å². The molecule has 0 aromatic rings. The van der Waals surface area contributed by atoms with Crippen molar-refractivity contribution in [1.29, 1.82) is 0 Å². The molecule has 0 unspecified atom stereocenters. The van der Waals surface area contributed by atoms with Crippen LogP contribution in [0.3, 0.4) is 0 Å². The quantitative estimate of drug-likeness (QED) is 0.436. The topological polar surface area (TPSA) is 3.24 Å². The average Bonchev–Trinajstić information content (AvgIpc) is 2.76. The van der Waals surface area contributed by atoms with Gasteiger partial charge in [0.2, 0.25) is 6.85 Å². The van der Waals surface area contributed by atoms with E-state index in [1.807, 2.05) is 11.1 Å². The summed E-state index contributed by atoms with van der Waals surface area (Å²) in [6, 6.07) is 0. The summed E-state index contributed by atoms with van der Waals surface area (Å²) in [5.74, 6) is 2.04. The molecule has 0 aromatic carbocycles. The monoisotopic (exact) mass is 175 g/mol. The molecule has 70 valence electrons. The zero-order valence-corrected chi connectivity index (χ0v) is 8.71. The third-order valence-corrected chi connectivity index (χ3v) is 4.47. The fourth-order valence-corrected chi connectivity index (χ4v) is 3.68. The minimum atomic E-state index is 0.841. The van der Waals surface area contributed by atoms with E-state index in [4.69, 9.17) is 0 Å². The smallest absolute Gasteiger partial charge is 0.231 e. The Balaban J connectivity index is 1.82. The zero-order valence-electron chi connectivity index (χ0n) is 8.71. The highest BCUT2D eigenvalue weighted by Crippen LogP contribution is 2.55. The molecule has 0 spiro atoms. The Morgan fingerprint density at radius 3 is 2.08 bits per heavy atom. The highest BCUT2D eigenvalue weighted by atomic mass is 15.0. The van der Waals surface area contributed by atoms with Crippen molar-refractivity contribution in [2.24, 2.45) is 11.8 Å². The molecule has 0 radical (unpaired) electrons. The molecule has 2 heteroatoms. The predicted octanol–water partition coefficient (Wildman–Crippen LogP) is 2.28. The molecular weight excluding hydrogens is 157 g/mol. The lowest BCUT2D eigenvalue weighted by Crippen LogP contribution is -2.30. The second-order valence-corrected chi connectivity index (χ2v) is 5.28. The van der Waals surface area contributed by atoms with E-state index in [0.29, 0.717) is 0 Å². The number of rotatable bonds is 1. The summed E-state index contributed by atoms with van der Waals surface area (Å²) in [5, 5.41) is 0. The largest absolute Gasteiger partial charge is 0.347 e. The average molecular weight is 175 g/mol. The van der Waals surface area contributed by atoms with Crippen LogP contribution in [0.15, 0.2) is 11.1 Å². The Morgan fingerprint density at radius 2 is 1.62 bits per heavy atom. The second-order valence-electron chi connectivity index (χ2n) is 5.28. The molecule has 1 nitrogen and oxygen atoms in total. The van der Waals surface area contributed by atoms with Gasteiger partial charge in [-0.1, -0.05) is 11.1 Å². The molecule has 13 heavy (non-hydrogen) atoms. The summed E-state index contributed by atoms with van der Waals surface area (Å²) >= 11 is 0. The Hall–Kier alpha value is -0.235. The minimum absolute atomic E-state index is 0.841. The SMILES string of the molecule is CN(C)B1CC2=C(C1)[C@H]1CC[C@@H]2C1. The van der Waals surface area contributed by atoms with E-state index < -0.39 is 0 Å². The lowest BCUT2D eigenvalue weighted by atomic mass is 9.56. The lowest BCUT2D eigenvalue weighted by Gasteiger charge is -2.17. The summed E-state index contributed by atoms with van der Waals surface area (Å²) < 4.78 is 0. The Morgan fingerprint density at radius 1 is 1.08 bits per heavy atom. The van der Waals surface area contributed by atoms with Crippen LogP contribution < -0.4 is 0 Å². The van der Waals surface area contributed by atoms with Crippen molar-refractivity contribution in [3.8, 4) is 0 Å². The van der Waals surface area contributed by atoms with Gasteiger partial charge in [-0.2, -0.15) is 0 Å². The number of fused-ring (bicyclic) bond motifs is 4. The summed E-state index contributed by atoms with van der Waals surface area (Å²) in [6.07, 6.45) is 7.31. The van der Waals surface area contributed by atoms with Crippen molar-refractivity contribution >= 4 is 6.85 Å². The lowest BCUT2D eigenvalue weighted by molar-refractivity contribution is 0.617. The molecular formula is C11H18BN. The van der Waals surface area contributed by atoms with Gasteiger partial charge in [-0.05, 0) is 57.8 Å². The number of allylic oxidation sites excluding steroid dienone is 2. The molecule has 1 aliphatic heterocycles. The number of hydrogen-bond acceptors (Lipinski definition) is 1. The molecule has 1 fully saturated rings. The molecule has 2 aliphatic carbocycles. The highest BCUT2D eigenvalue weighted by Gasteiger charge is 2.44. The van der Waals surface area contributed by atoms with Gasteiger partial charge in [-0.25, -0.2) is 0 Å². The van der Waals surface area contributed by atoms with Crippen molar-refractivity contribution in [3.63, 3.8) is 0 Å². The number of hydrogen-bond donors (Lipinski definition) is 0. The van der Waals surface area contributed by atoms with Crippen LogP contribution in [-0.2, 0) is 0 Å². The van der Waals surface area contributed by atoms with Gasteiger partial charge in [-0.15, -0.1) is 0 Å². The second kappa shape index (κ2) is 2.63. The molecule has 1 saturated carbocycles. The van der Waals surface area contributed by atoms with E-state index >= 15 is 0 Å². The standard InChI is InChI=1S/C11H18BN/c1-13(2)12-6-10-8-3-4-9(5-8)11(10)7-12/h8-9H,3-7H2,1-2H3/t8-,9+. The van der Waals surface area contributed by atoms with Crippen LogP contribution in [-0.4, -0.2) is 25.8 Å². The zero-order chi connectivity index (χ0) is 9.00. The van der Waals surface area contributed by atoms with Crippen LogP contribution in [0, 0.1) is 11.8 Å². The van der Waals surface area contributed by atoms with E-state index in [0.717, 1.165) is 18.7 Å².